The standard InChI is InChI=1S/C24H24FN3O3/c1-16-26-13-22(21(27-16)14-30-2)31-15-24(17-6-4-3-5-7-17)12-20(24)23(29)28-19-10-8-18(25)9-11-19/h3-11,13,20H,12,14-15H2,1-2H3,(H,28,29)/t20-,24+/m0/s1. The lowest BCUT2D eigenvalue weighted by Gasteiger charge is -2.20. The third kappa shape index (κ3) is 4.56. The second-order valence-corrected chi connectivity index (χ2v) is 7.72. The minimum absolute atomic E-state index is 0.115. The van der Waals surface area contributed by atoms with Gasteiger partial charge >= 0.3 is 0 Å². The van der Waals surface area contributed by atoms with Crippen LogP contribution in [0.4, 0.5) is 10.1 Å². The molecule has 1 N–H and O–H groups in total. The van der Waals surface area contributed by atoms with Crippen LogP contribution in [0, 0.1) is 18.7 Å². The number of carbonyl (C=O) groups excluding carboxylic acids is 1. The SMILES string of the molecule is COCc1nc(C)ncc1OC[C@@]1(c2ccccc2)C[C@H]1C(=O)Nc1ccc(F)cc1. The Morgan fingerprint density at radius 3 is 2.65 bits per heavy atom. The number of amides is 1. The molecule has 7 heteroatoms. The van der Waals surface area contributed by atoms with Crippen molar-refractivity contribution in [2.45, 2.75) is 25.4 Å². The number of halogens is 1. The number of rotatable bonds is 8. The molecular formula is C24H24FN3O3. The summed E-state index contributed by atoms with van der Waals surface area (Å²) in [6.07, 6.45) is 2.29. The second kappa shape index (κ2) is 8.81. The van der Waals surface area contributed by atoms with E-state index in [1.165, 1.54) is 12.1 Å². The van der Waals surface area contributed by atoms with E-state index in [-0.39, 0.29) is 17.6 Å². The van der Waals surface area contributed by atoms with Crippen LogP contribution < -0.4 is 10.1 Å². The lowest BCUT2D eigenvalue weighted by molar-refractivity contribution is -0.117. The molecule has 4 rings (SSSR count). The van der Waals surface area contributed by atoms with Gasteiger partial charge in [-0.25, -0.2) is 14.4 Å². The van der Waals surface area contributed by atoms with Crippen molar-refractivity contribution in [1.29, 1.82) is 0 Å². The van der Waals surface area contributed by atoms with Gasteiger partial charge < -0.3 is 14.8 Å². The van der Waals surface area contributed by atoms with E-state index < -0.39 is 5.41 Å². The van der Waals surface area contributed by atoms with Gasteiger partial charge in [0, 0.05) is 18.2 Å². The summed E-state index contributed by atoms with van der Waals surface area (Å²) < 4.78 is 24.5. The first-order chi connectivity index (χ1) is 15.0. The Morgan fingerprint density at radius 1 is 1.19 bits per heavy atom. The molecule has 160 valence electrons. The molecule has 3 aromatic rings. The zero-order valence-electron chi connectivity index (χ0n) is 17.5. The van der Waals surface area contributed by atoms with Gasteiger partial charge in [-0.2, -0.15) is 0 Å². The third-order valence-electron chi connectivity index (χ3n) is 5.57. The highest BCUT2D eigenvalue weighted by molar-refractivity contribution is 5.96. The number of carbonyl (C=O) groups is 1. The molecule has 1 amide bonds. The van der Waals surface area contributed by atoms with E-state index in [0.29, 0.717) is 42.6 Å². The molecule has 0 unspecified atom stereocenters. The van der Waals surface area contributed by atoms with Crippen LogP contribution in [0.25, 0.3) is 0 Å². The lowest BCUT2D eigenvalue weighted by atomic mass is 9.93. The number of aryl methyl sites for hydroxylation is 1. The maximum Gasteiger partial charge on any atom is 0.228 e. The normalized spacial score (nSPS) is 19.6. The summed E-state index contributed by atoms with van der Waals surface area (Å²) in [6.45, 7) is 2.43. The van der Waals surface area contributed by atoms with Crippen LogP contribution in [0.5, 0.6) is 5.75 Å². The second-order valence-electron chi connectivity index (χ2n) is 7.72. The third-order valence-corrected chi connectivity index (χ3v) is 5.57. The largest absolute Gasteiger partial charge is 0.489 e. The molecule has 0 saturated heterocycles. The van der Waals surface area contributed by atoms with E-state index in [1.807, 2.05) is 37.3 Å². The van der Waals surface area contributed by atoms with E-state index in [9.17, 15) is 9.18 Å². The van der Waals surface area contributed by atoms with Crippen LogP contribution in [0.2, 0.25) is 0 Å². The maximum atomic E-state index is 13.2. The highest BCUT2D eigenvalue weighted by Crippen LogP contribution is 2.55. The number of benzene rings is 2. The molecule has 31 heavy (non-hydrogen) atoms. The summed E-state index contributed by atoms with van der Waals surface area (Å²) in [5.41, 5.74) is 1.82. The summed E-state index contributed by atoms with van der Waals surface area (Å²) in [5, 5.41) is 2.89. The minimum atomic E-state index is -0.458. The number of methoxy groups -OCH3 is 1. The first-order valence-corrected chi connectivity index (χ1v) is 10.1. The smallest absolute Gasteiger partial charge is 0.228 e. The Morgan fingerprint density at radius 2 is 1.94 bits per heavy atom. The van der Waals surface area contributed by atoms with Gasteiger partial charge in [-0.3, -0.25) is 4.79 Å². The fourth-order valence-corrected chi connectivity index (χ4v) is 3.82. The number of nitrogens with zero attached hydrogens (tertiary/aromatic N) is 2. The molecule has 1 saturated carbocycles. The summed E-state index contributed by atoms with van der Waals surface area (Å²) in [6, 6.07) is 15.6. The first-order valence-electron chi connectivity index (χ1n) is 10.1. The zero-order valence-corrected chi connectivity index (χ0v) is 17.5. The van der Waals surface area contributed by atoms with E-state index in [4.69, 9.17) is 9.47 Å². The minimum Gasteiger partial charge on any atom is -0.489 e. The van der Waals surface area contributed by atoms with E-state index in [2.05, 4.69) is 15.3 Å². The Hall–Kier alpha value is -3.32. The van der Waals surface area contributed by atoms with Gasteiger partial charge in [0.05, 0.1) is 25.3 Å². The summed E-state index contributed by atoms with van der Waals surface area (Å²) >= 11 is 0. The first kappa shape index (κ1) is 20.9. The van der Waals surface area contributed by atoms with Gasteiger partial charge in [0.25, 0.3) is 0 Å². The Labute approximate surface area is 180 Å². The van der Waals surface area contributed by atoms with Gasteiger partial charge in [0.15, 0.2) is 5.75 Å². The molecule has 1 fully saturated rings. The van der Waals surface area contributed by atoms with Crippen LogP contribution >= 0.6 is 0 Å². The number of hydrogen-bond donors (Lipinski definition) is 1. The van der Waals surface area contributed by atoms with Crippen molar-refractivity contribution in [3.8, 4) is 5.75 Å². The molecular weight excluding hydrogens is 397 g/mol. The van der Waals surface area contributed by atoms with Gasteiger partial charge in [0.1, 0.15) is 17.3 Å². The van der Waals surface area contributed by atoms with Crippen LogP contribution in [-0.2, 0) is 21.6 Å². The number of aromatic nitrogens is 2. The van der Waals surface area contributed by atoms with Crippen molar-refractivity contribution in [3.63, 3.8) is 0 Å². The molecule has 0 radical (unpaired) electrons. The summed E-state index contributed by atoms with van der Waals surface area (Å²) in [7, 11) is 1.60. The molecule has 0 spiro atoms. The van der Waals surface area contributed by atoms with E-state index >= 15 is 0 Å². The molecule has 2 atom stereocenters. The molecule has 1 aromatic heterocycles. The number of hydrogen-bond acceptors (Lipinski definition) is 5. The summed E-state index contributed by atoms with van der Waals surface area (Å²) in [5.74, 6) is 0.463. The predicted molar refractivity (Wildman–Crippen MR) is 114 cm³/mol. The highest BCUT2D eigenvalue weighted by atomic mass is 19.1. The van der Waals surface area contributed by atoms with Gasteiger partial charge in [-0.15, -0.1) is 0 Å². The maximum absolute atomic E-state index is 13.2. The van der Waals surface area contributed by atoms with Gasteiger partial charge in [0.2, 0.25) is 5.91 Å². The molecule has 1 aliphatic rings. The highest BCUT2D eigenvalue weighted by Gasteiger charge is 2.60. The van der Waals surface area contributed by atoms with E-state index in [1.54, 1.807) is 25.4 Å². The Kier molecular flexibility index (Phi) is 5.95. The van der Waals surface area contributed by atoms with Crippen LogP contribution in [0.3, 0.4) is 0 Å². The van der Waals surface area contributed by atoms with Crippen LogP contribution in [0.1, 0.15) is 23.5 Å². The average molecular weight is 421 g/mol. The number of anilines is 1. The summed E-state index contributed by atoms with van der Waals surface area (Å²) in [4.78, 5) is 21.6. The van der Waals surface area contributed by atoms with Crippen molar-refractivity contribution < 1.29 is 18.7 Å². The van der Waals surface area contributed by atoms with Crippen molar-refractivity contribution in [2.75, 3.05) is 19.0 Å². The van der Waals surface area contributed by atoms with Crippen LogP contribution in [0.15, 0.2) is 60.8 Å². The quantitative estimate of drug-likeness (QED) is 0.594. The molecule has 2 aromatic carbocycles. The van der Waals surface area contributed by atoms with Gasteiger partial charge in [-0.1, -0.05) is 30.3 Å². The average Bonchev–Trinajstić information content (AvgIpc) is 3.52. The Bertz CT molecular complexity index is 1060. The van der Waals surface area contributed by atoms with Crippen molar-refractivity contribution in [3.05, 3.63) is 83.7 Å². The van der Waals surface area contributed by atoms with E-state index in [0.717, 1.165) is 5.56 Å². The van der Waals surface area contributed by atoms with Crippen molar-refractivity contribution in [2.24, 2.45) is 5.92 Å². The molecule has 0 bridgehead atoms. The molecule has 1 heterocycles. The fourth-order valence-electron chi connectivity index (χ4n) is 3.82. The lowest BCUT2D eigenvalue weighted by Crippen LogP contribution is -2.26. The topological polar surface area (TPSA) is 73.3 Å². The predicted octanol–water partition coefficient (Wildman–Crippen LogP) is 4.05. The fraction of sp³-hybridized carbons (Fsp3) is 0.292. The van der Waals surface area contributed by atoms with Gasteiger partial charge in [-0.05, 0) is 43.2 Å². The van der Waals surface area contributed by atoms with Crippen molar-refractivity contribution >= 4 is 11.6 Å². The molecule has 1 aliphatic carbocycles. The molecule has 6 nitrogen and oxygen atoms in total. The monoisotopic (exact) mass is 421 g/mol. The number of nitrogens with one attached hydrogen (secondary N) is 1. The Balaban J connectivity index is 1.54. The van der Waals surface area contributed by atoms with Crippen LogP contribution in [-0.4, -0.2) is 29.6 Å². The molecule has 0 aliphatic heterocycles. The van der Waals surface area contributed by atoms with Crippen molar-refractivity contribution in [1.82, 2.24) is 9.97 Å². The zero-order chi connectivity index (χ0) is 21.8. The number of ether oxygens (including phenoxy) is 2.